The van der Waals surface area contributed by atoms with E-state index in [2.05, 4.69) is 29.2 Å². The summed E-state index contributed by atoms with van der Waals surface area (Å²) in [5, 5.41) is 7.76. The molecule has 1 aliphatic carbocycles. The van der Waals surface area contributed by atoms with Crippen molar-refractivity contribution in [2.75, 3.05) is 32.5 Å². The molecular formula is C15H25ClN4O. The molecule has 1 aromatic rings. The first-order valence-corrected chi connectivity index (χ1v) is 7.80. The van der Waals surface area contributed by atoms with Crippen LogP contribution in [-0.2, 0) is 6.54 Å². The van der Waals surface area contributed by atoms with E-state index in [0.717, 1.165) is 6.54 Å². The average Bonchev–Trinajstić information content (AvgIpc) is 3.15. The fraction of sp³-hybridized carbons (Fsp3) is 0.733. The second-order valence-corrected chi connectivity index (χ2v) is 7.46. The molecule has 2 rings (SSSR count). The van der Waals surface area contributed by atoms with Gasteiger partial charge in [-0.2, -0.15) is 5.10 Å². The Morgan fingerprint density at radius 2 is 2.14 bits per heavy atom. The van der Waals surface area contributed by atoms with Gasteiger partial charge in [-0.15, -0.1) is 0 Å². The molecule has 0 spiro atoms. The Kier molecular flexibility index (Phi) is 4.94. The third kappa shape index (κ3) is 4.71. The first-order chi connectivity index (χ1) is 9.78. The zero-order valence-corrected chi connectivity index (χ0v) is 14.1. The molecule has 1 aromatic heterocycles. The largest absolute Gasteiger partial charge is 0.379 e. The van der Waals surface area contributed by atoms with Crippen molar-refractivity contribution in [3.8, 4) is 0 Å². The van der Waals surface area contributed by atoms with Gasteiger partial charge in [0.15, 0.2) is 0 Å². The minimum Gasteiger partial charge on any atom is -0.379 e. The summed E-state index contributed by atoms with van der Waals surface area (Å²) in [5.41, 5.74) is 0.401. The van der Waals surface area contributed by atoms with Gasteiger partial charge in [0.1, 0.15) is 5.69 Å². The molecule has 0 unspecified atom stereocenters. The first-order valence-electron chi connectivity index (χ1n) is 7.43. The predicted octanol–water partition coefficient (Wildman–Crippen LogP) is 2.31. The lowest BCUT2D eigenvalue weighted by atomic mass is 9.93. The maximum Gasteiger partial charge on any atom is 0.291 e. The summed E-state index contributed by atoms with van der Waals surface area (Å²) < 4.78 is 1.53. The van der Waals surface area contributed by atoms with Crippen LogP contribution in [0.4, 0.5) is 5.69 Å². The molecule has 0 aliphatic heterocycles. The standard InChI is InChI=1S/C15H25ClN4O/c1-15(2,10-19(3)4)9-17-13-12(16)7-18-20(14(13)21)8-11-5-6-11/h7,11,17H,5-6,8-10H2,1-4H3. The molecule has 118 valence electrons. The molecule has 21 heavy (non-hydrogen) atoms. The fourth-order valence-corrected chi connectivity index (χ4v) is 2.73. The van der Waals surface area contributed by atoms with E-state index < -0.39 is 0 Å². The highest BCUT2D eigenvalue weighted by molar-refractivity contribution is 6.32. The molecular weight excluding hydrogens is 288 g/mol. The minimum atomic E-state index is -0.116. The number of anilines is 1. The molecule has 0 radical (unpaired) electrons. The summed E-state index contributed by atoms with van der Waals surface area (Å²) in [4.78, 5) is 14.6. The molecule has 0 saturated heterocycles. The third-order valence-electron chi connectivity index (χ3n) is 3.61. The second kappa shape index (κ2) is 6.36. The third-order valence-corrected chi connectivity index (χ3v) is 3.90. The molecule has 0 amide bonds. The van der Waals surface area contributed by atoms with E-state index in [1.54, 1.807) is 6.20 Å². The molecule has 1 aliphatic rings. The quantitative estimate of drug-likeness (QED) is 0.839. The molecule has 0 aromatic carbocycles. The SMILES string of the molecule is CN(C)CC(C)(C)CNc1c(Cl)cnn(CC2CC2)c1=O. The summed E-state index contributed by atoms with van der Waals surface area (Å²) in [6, 6.07) is 0. The topological polar surface area (TPSA) is 50.2 Å². The lowest BCUT2D eigenvalue weighted by Gasteiger charge is -2.28. The van der Waals surface area contributed by atoms with Crippen LogP contribution < -0.4 is 10.9 Å². The van der Waals surface area contributed by atoms with Crippen LogP contribution in [0.5, 0.6) is 0 Å². The Morgan fingerprint density at radius 3 is 2.71 bits per heavy atom. The summed E-state index contributed by atoms with van der Waals surface area (Å²) in [6.45, 7) is 6.65. The van der Waals surface area contributed by atoms with Crippen molar-refractivity contribution >= 4 is 17.3 Å². The average molecular weight is 313 g/mol. The first kappa shape index (κ1) is 16.3. The van der Waals surface area contributed by atoms with E-state index in [9.17, 15) is 4.79 Å². The lowest BCUT2D eigenvalue weighted by Crippen LogP contribution is -2.36. The number of hydrogen-bond donors (Lipinski definition) is 1. The number of rotatable bonds is 7. The zero-order valence-electron chi connectivity index (χ0n) is 13.3. The highest BCUT2D eigenvalue weighted by Crippen LogP contribution is 2.30. The summed E-state index contributed by atoms with van der Waals surface area (Å²) in [7, 11) is 4.09. The van der Waals surface area contributed by atoms with Crippen LogP contribution >= 0.6 is 11.6 Å². The van der Waals surface area contributed by atoms with Crippen LogP contribution in [0.15, 0.2) is 11.0 Å². The van der Waals surface area contributed by atoms with E-state index in [4.69, 9.17) is 11.6 Å². The van der Waals surface area contributed by atoms with Crippen molar-refractivity contribution in [2.45, 2.75) is 33.2 Å². The van der Waals surface area contributed by atoms with Crippen molar-refractivity contribution < 1.29 is 0 Å². The van der Waals surface area contributed by atoms with Gasteiger partial charge in [0, 0.05) is 19.6 Å². The van der Waals surface area contributed by atoms with Gasteiger partial charge in [-0.25, -0.2) is 4.68 Å². The Hall–Kier alpha value is -1.07. The van der Waals surface area contributed by atoms with Crippen LogP contribution in [-0.4, -0.2) is 41.9 Å². The van der Waals surface area contributed by atoms with Gasteiger partial charge in [0.25, 0.3) is 5.56 Å². The van der Waals surface area contributed by atoms with Crippen LogP contribution in [0.1, 0.15) is 26.7 Å². The Balaban J connectivity index is 2.09. The van der Waals surface area contributed by atoms with Crippen LogP contribution in [0.25, 0.3) is 0 Å². The fourth-order valence-electron chi connectivity index (χ4n) is 2.54. The van der Waals surface area contributed by atoms with Crippen molar-refractivity contribution in [1.29, 1.82) is 0 Å². The van der Waals surface area contributed by atoms with E-state index in [0.29, 0.717) is 29.7 Å². The Labute approximate surface area is 131 Å². The van der Waals surface area contributed by atoms with Crippen molar-refractivity contribution in [2.24, 2.45) is 11.3 Å². The number of hydrogen-bond acceptors (Lipinski definition) is 4. The van der Waals surface area contributed by atoms with E-state index in [-0.39, 0.29) is 11.0 Å². The van der Waals surface area contributed by atoms with Gasteiger partial charge >= 0.3 is 0 Å². The zero-order chi connectivity index (χ0) is 15.6. The molecule has 1 N–H and O–H groups in total. The molecule has 1 fully saturated rings. The number of nitrogens with zero attached hydrogens (tertiary/aromatic N) is 3. The molecule has 0 bridgehead atoms. The molecule has 5 nitrogen and oxygen atoms in total. The Bertz CT molecular complexity index is 549. The second-order valence-electron chi connectivity index (χ2n) is 7.05. The molecule has 6 heteroatoms. The van der Waals surface area contributed by atoms with Crippen LogP contribution in [0.3, 0.4) is 0 Å². The van der Waals surface area contributed by atoms with Gasteiger partial charge < -0.3 is 10.2 Å². The number of nitrogens with one attached hydrogen (secondary N) is 1. The minimum absolute atomic E-state index is 0.0455. The van der Waals surface area contributed by atoms with E-state index in [1.165, 1.54) is 17.5 Å². The van der Waals surface area contributed by atoms with E-state index >= 15 is 0 Å². The van der Waals surface area contributed by atoms with Gasteiger partial charge in [-0.3, -0.25) is 4.79 Å². The number of halogens is 1. The maximum absolute atomic E-state index is 12.4. The highest BCUT2D eigenvalue weighted by atomic mass is 35.5. The van der Waals surface area contributed by atoms with Crippen molar-refractivity contribution in [3.05, 3.63) is 21.6 Å². The van der Waals surface area contributed by atoms with Crippen LogP contribution in [0, 0.1) is 11.3 Å². The highest BCUT2D eigenvalue weighted by Gasteiger charge is 2.24. The van der Waals surface area contributed by atoms with Crippen molar-refractivity contribution in [1.82, 2.24) is 14.7 Å². The normalized spacial score (nSPS) is 15.5. The molecule has 0 atom stereocenters. The number of aromatic nitrogens is 2. The van der Waals surface area contributed by atoms with Gasteiger partial charge in [-0.1, -0.05) is 25.4 Å². The van der Waals surface area contributed by atoms with Crippen LogP contribution in [0.2, 0.25) is 5.02 Å². The van der Waals surface area contributed by atoms with Crippen molar-refractivity contribution in [3.63, 3.8) is 0 Å². The van der Waals surface area contributed by atoms with Gasteiger partial charge in [-0.05, 0) is 38.3 Å². The monoisotopic (exact) mass is 312 g/mol. The summed E-state index contributed by atoms with van der Waals surface area (Å²) in [5.74, 6) is 0.606. The predicted molar refractivity (Wildman–Crippen MR) is 87.1 cm³/mol. The molecule has 1 saturated carbocycles. The maximum atomic E-state index is 12.4. The lowest BCUT2D eigenvalue weighted by molar-refractivity contribution is 0.254. The smallest absolute Gasteiger partial charge is 0.291 e. The Morgan fingerprint density at radius 1 is 1.48 bits per heavy atom. The molecule has 1 heterocycles. The van der Waals surface area contributed by atoms with Gasteiger partial charge in [0.05, 0.1) is 11.2 Å². The summed E-state index contributed by atoms with van der Waals surface area (Å²) >= 11 is 6.14. The summed E-state index contributed by atoms with van der Waals surface area (Å²) in [6.07, 6.45) is 3.94. The van der Waals surface area contributed by atoms with Gasteiger partial charge in [0.2, 0.25) is 0 Å². The van der Waals surface area contributed by atoms with E-state index in [1.807, 2.05) is 14.1 Å².